The molecule has 0 aromatic carbocycles. The molecule has 1 atom stereocenters. The molecule has 2 amide bonds. The van der Waals surface area contributed by atoms with Crippen molar-refractivity contribution in [1.29, 1.82) is 0 Å². The van der Waals surface area contributed by atoms with Gasteiger partial charge in [0.15, 0.2) is 0 Å². The molecule has 0 aromatic heterocycles. The zero-order valence-electron chi connectivity index (χ0n) is 16.3. The van der Waals surface area contributed by atoms with Crippen LogP contribution in [0.15, 0.2) is 36.5 Å². The number of nitrogens with zero attached hydrogens (tertiary/aromatic N) is 1. The number of imide groups is 1. The first-order valence-electron chi connectivity index (χ1n) is 9.00. The van der Waals surface area contributed by atoms with Gasteiger partial charge in [-0.3, -0.25) is 19.3 Å². The lowest BCUT2D eigenvalue weighted by molar-refractivity contribution is -0.139. The molecular weight excluding hydrogens is 346 g/mol. The average Bonchev–Trinajstić information content (AvgIpc) is 2.76. The third-order valence-corrected chi connectivity index (χ3v) is 10.8. The first kappa shape index (κ1) is 22.1. The van der Waals surface area contributed by atoms with Crippen LogP contribution in [0.5, 0.6) is 0 Å². The Balaban J connectivity index is 3.11. The van der Waals surface area contributed by atoms with Crippen molar-refractivity contribution < 1.29 is 19.5 Å². The minimum absolute atomic E-state index is 0.128. The maximum absolute atomic E-state index is 12.1. The van der Waals surface area contributed by atoms with Crippen LogP contribution in [-0.2, 0) is 14.4 Å². The van der Waals surface area contributed by atoms with Crippen molar-refractivity contribution in [3.05, 3.63) is 36.5 Å². The lowest BCUT2D eigenvalue weighted by atomic mass is 10.2. The second-order valence-corrected chi connectivity index (χ2v) is 12.3. The lowest BCUT2D eigenvalue weighted by Crippen LogP contribution is -2.45. The zero-order chi connectivity index (χ0) is 20.1. The Morgan fingerprint density at radius 2 is 1.54 bits per heavy atom. The van der Waals surface area contributed by atoms with Crippen molar-refractivity contribution in [2.75, 3.05) is 6.54 Å². The standard InChI is InChI=1S/C20H31NO4Si/c1-14(2)12-26(13-15(3)4,19(16(5)6)20(24)25)11-7-10-21-17(22)8-9-18(21)23/h19H,1,3,5,7-13H2,2,4,6H3,(H,24,25). The summed E-state index contributed by atoms with van der Waals surface area (Å²) in [4.78, 5) is 37.0. The van der Waals surface area contributed by atoms with E-state index >= 15 is 0 Å². The third-order valence-electron chi connectivity index (χ3n) is 4.87. The second-order valence-electron chi connectivity index (χ2n) is 7.79. The summed E-state index contributed by atoms with van der Waals surface area (Å²) in [5, 5.41) is 9.90. The van der Waals surface area contributed by atoms with Gasteiger partial charge in [-0.1, -0.05) is 29.3 Å². The summed E-state index contributed by atoms with van der Waals surface area (Å²) >= 11 is 0. The number of rotatable bonds is 11. The van der Waals surface area contributed by atoms with Crippen molar-refractivity contribution in [2.24, 2.45) is 0 Å². The molecule has 0 saturated carbocycles. The zero-order valence-corrected chi connectivity index (χ0v) is 17.3. The molecule has 6 heteroatoms. The number of allylic oxidation sites excluding steroid dienone is 2. The molecular formula is C20H31NO4Si. The molecule has 1 heterocycles. The maximum atomic E-state index is 12.1. The Morgan fingerprint density at radius 3 is 1.88 bits per heavy atom. The van der Waals surface area contributed by atoms with Gasteiger partial charge in [0.05, 0.1) is 13.6 Å². The van der Waals surface area contributed by atoms with Crippen LogP contribution < -0.4 is 0 Å². The molecule has 1 rings (SSSR count). The summed E-state index contributed by atoms with van der Waals surface area (Å²) in [5.41, 5.74) is 1.97. The molecule has 0 radical (unpaired) electrons. The summed E-state index contributed by atoms with van der Waals surface area (Å²) in [6, 6.07) is 2.03. The topological polar surface area (TPSA) is 74.7 Å². The minimum Gasteiger partial charge on any atom is -0.481 e. The minimum atomic E-state index is -2.44. The van der Waals surface area contributed by atoms with E-state index in [2.05, 4.69) is 19.7 Å². The molecule has 0 aliphatic carbocycles. The van der Waals surface area contributed by atoms with Crippen molar-refractivity contribution in [2.45, 2.75) is 63.7 Å². The van der Waals surface area contributed by atoms with Gasteiger partial charge in [0.25, 0.3) is 0 Å². The highest BCUT2D eigenvalue weighted by molar-refractivity contribution is 6.85. The predicted octanol–water partition coefficient (Wildman–Crippen LogP) is 4.16. The summed E-state index contributed by atoms with van der Waals surface area (Å²) in [6.45, 7) is 18.0. The molecule has 1 aliphatic rings. The van der Waals surface area contributed by atoms with Crippen LogP contribution in [-0.4, -0.2) is 42.4 Å². The quantitative estimate of drug-likeness (QED) is 0.333. The highest BCUT2D eigenvalue weighted by Gasteiger charge is 2.45. The van der Waals surface area contributed by atoms with Gasteiger partial charge in [-0.2, -0.15) is 0 Å². The molecule has 0 spiro atoms. The first-order valence-corrected chi connectivity index (χ1v) is 11.7. The number of amides is 2. The molecule has 0 aromatic rings. The smallest absolute Gasteiger partial charge is 0.307 e. The van der Waals surface area contributed by atoms with Crippen LogP contribution in [0, 0.1) is 0 Å². The average molecular weight is 378 g/mol. The molecule has 1 unspecified atom stereocenters. The molecule has 26 heavy (non-hydrogen) atoms. The lowest BCUT2D eigenvalue weighted by Gasteiger charge is -2.38. The van der Waals surface area contributed by atoms with Crippen molar-refractivity contribution in [1.82, 2.24) is 4.90 Å². The normalized spacial score (nSPS) is 15.9. The van der Waals surface area contributed by atoms with Gasteiger partial charge in [0, 0.05) is 19.4 Å². The number of hydrogen-bond acceptors (Lipinski definition) is 3. The largest absolute Gasteiger partial charge is 0.481 e. The van der Waals surface area contributed by atoms with Crippen LogP contribution in [0.2, 0.25) is 23.7 Å². The van der Waals surface area contributed by atoms with Gasteiger partial charge < -0.3 is 5.11 Å². The number of carbonyl (C=O) groups is 3. The molecule has 1 N–H and O–H groups in total. The van der Waals surface area contributed by atoms with Gasteiger partial charge in [-0.25, -0.2) is 0 Å². The van der Waals surface area contributed by atoms with E-state index in [9.17, 15) is 19.5 Å². The SMILES string of the molecule is C=C(C)C[Si](CCCN1C(=O)CCC1=O)(CC(=C)C)C(C(=C)C)C(=O)O. The van der Waals surface area contributed by atoms with Crippen LogP contribution in [0.4, 0.5) is 0 Å². The van der Waals surface area contributed by atoms with E-state index in [1.165, 1.54) is 4.90 Å². The van der Waals surface area contributed by atoms with Crippen molar-refractivity contribution in [3.8, 4) is 0 Å². The van der Waals surface area contributed by atoms with Crippen LogP contribution in [0.3, 0.4) is 0 Å². The number of aliphatic carboxylic acids is 1. The monoisotopic (exact) mass is 377 g/mol. The fraction of sp³-hybridized carbons (Fsp3) is 0.550. The Morgan fingerprint density at radius 1 is 1.08 bits per heavy atom. The van der Waals surface area contributed by atoms with Gasteiger partial charge in [-0.05, 0) is 39.3 Å². The van der Waals surface area contributed by atoms with Crippen molar-refractivity contribution >= 4 is 25.9 Å². The number of carbonyl (C=O) groups excluding carboxylic acids is 2. The first-order chi connectivity index (χ1) is 12.0. The highest BCUT2D eigenvalue weighted by Crippen LogP contribution is 2.42. The highest BCUT2D eigenvalue weighted by atomic mass is 28.3. The van der Waals surface area contributed by atoms with Crippen LogP contribution in [0.1, 0.15) is 40.0 Å². The van der Waals surface area contributed by atoms with E-state index in [1.54, 1.807) is 6.92 Å². The van der Waals surface area contributed by atoms with Gasteiger partial charge in [0.2, 0.25) is 11.8 Å². The van der Waals surface area contributed by atoms with E-state index < -0.39 is 19.6 Å². The van der Waals surface area contributed by atoms with E-state index in [1.807, 2.05) is 13.8 Å². The van der Waals surface area contributed by atoms with Gasteiger partial charge >= 0.3 is 5.97 Å². The summed E-state index contributed by atoms with van der Waals surface area (Å²) < 4.78 is 0. The molecule has 144 valence electrons. The fourth-order valence-electron chi connectivity index (χ4n) is 4.25. The molecule has 1 saturated heterocycles. The summed E-state index contributed by atoms with van der Waals surface area (Å²) in [6.07, 6.45) is 1.17. The predicted molar refractivity (Wildman–Crippen MR) is 107 cm³/mol. The Bertz CT molecular complexity index is 592. The number of carboxylic acids is 1. The number of carboxylic acid groups (broad SMARTS) is 1. The van der Waals surface area contributed by atoms with Gasteiger partial charge in [-0.15, -0.1) is 13.2 Å². The summed E-state index contributed by atoms with van der Waals surface area (Å²) in [5.74, 6) is -1.10. The van der Waals surface area contributed by atoms with Crippen LogP contribution >= 0.6 is 0 Å². The Hall–Kier alpha value is -1.95. The van der Waals surface area contributed by atoms with Crippen LogP contribution in [0.25, 0.3) is 0 Å². The second kappa shape index (κ2) is 9.12. The fourth-order valence-corrected chi connectivity index (χ4v) is 10.3. The molecule has 0 bridgehead atoms. The van der Waals surface area contributed by atoms with E-state index in [0.29, 0.717) is 36.7 Å². The molecule has 5 nitrogen and oxygen atoms in total. The van der Waals surface area contributed by atoms with E-state index in [-0.39, 0.29) is 24.7 Å². The van der Waals surface area contributed by atoms with E-state index in [0.717, 1.165) is 11.1 Å². The maximum Gasteiger partial charge on any atom is 0.307 e. The molecule has 1 fully saturated rings. The Labute approximate surface area is 157 Å². The van der Waals surface area contributed by atoms with E-state index in [4.69, 9.17) is 0 Å². The summed E-state index contributed by atoms with van der Waals surface area (Å²) in [7, 11) is -2.44. The molecule has 1 aliphatic heterocycles. The van der Waals surface area contributed by atoms with Gasteiger partial charge in [0.1, 0.15) is 0 Å². The van der Waals surface area contributed by atoms with Crippen molar-refractivity contribution in [3.63, 3.8) is 0 Å². The third kappa shape index (κ3) is 5.52. The number of hydrogen-bond donors (Lipinski definition) is 1. The Kier molecular flexibility index (Phi) is 7.75. The number of likely N-dealkylation sites (tertiary alicyclic amines) is 1.